The Morgan fingerprint density at radius 2 is 2.08 bits per heavy atom. The van der Waals surface area contributed by atoms with Crippen LogP contribution in [0.2, 0.25) is 0 Å². The molecule has 0 aromatic carbocycles. The molecule has 2 bridgehead atoms. The molecule has 3 atom stereocenters. The van der Waals surface area contributed by atoms with E-state index in [0.29, 0.717) is 37.6 Å². The van der Waals surface area contributed by atoms with E-state index in [1.165, 1.54) is 24.1 Å². The number of nitrogens with zero attached hydrogens (tertiary/aromatic N) is 4. The molecule has 0 spiro atoms. The summed E-state index contributed by atoms with van der Waals surface area (Å²) in [7, 11) is 0. The summed E-state index contributed by atoms with van der Waals surface area (Å²) in [4.78, 5) is 38.2. The van der Waals surface area contributed by atoms with Crippen molar-refractivity contribution in [1.82, 2.24) is 15.3 Å². The van der Waals surface area contributed by atoms with Gasteiger partial charge in [0.25, 0.3) is 5.91 Å². The van der Waals surface area contributed by atoms with Crippen LogP contribution in [0.1, 0.15) is 44.1 Å². The Labute approximate surface area is 229 Å². The van der Waals surface area contributed by atoms with E-state index in [0.717, 1.165) is 0 Å². The highest BCUT2D eigenvalue weighted by atomic mass is 19.4. The molecular formula is C26H31F3N6O5. The van der Waals surface area contributed by atoms with Gasteiger partial charge in [0.2, 0.25) is 0 Å². The molecule has 2 saturated heterocycles. The van der Waals surface area contributed by atoms with Crippen LogP contribution in [0.5, 0.6) is 5.75 Å². The lowest BCUT2D eigenvalue weighted by Crippen LogP contribution is -2.49. The molecule has 2 aromatic rings. The molecule has 3 aliphatic rings. The summed E-state index contributed by atoms with van der Waals surface area (Å²) in [5.41, 5.74) is 0.409. The smallest absolute Gasteiger partial charge is 0.408 e. The van der Waals surface area contributed by atoms with Crippen molar-refractivity contribution in [3.63, 3.8) is 0 Å². The zero-order chi connectivity index (χ0) is 28.7. The molecule has 216 valence electrons. The van der Waals surface area contributed by atoms with E-state index in [4.69, 9.17) is 14.2 Å². The number of rotatable bonds is 7. The zero-order valence-electron chi connectivity index (χ0n) is 22.3. The van der Waals surface area contributed by atoms with Crippen LogP contribution < -0.4 is 25.2 Å². The van der Waals surface area contributed by atoms with Gasteiger partial charge >= 0.3 is 12.2 Å². The van der Waals surface area contributed by atoms with Crippen molar-refractivity contribution in [3.8, 4) is 5.75 Å². The summed E-state index contributed by atoms with van der Waals surface area (Å²) in [6.07, 6.45) is -2.99. The van der Waals surface area contributed by atoms with Crippen molar-refractivity contribution in [2.24, 2.45) is 0 Å². The number of fused-ring (bicyclic) bond motifs is 4. The summed E-state index contributed by atoms with van der Waals surface area (Å²) in [5.74, 6) is -0.731. The number of pyridine rings is 2. The second-order valence-corrected chi connectivity index (χ2v) is 10.3. The summed E-state index contributed by atoms with van der Waals surface area (Å²) >= 11 is 0. The van der Waals surface area contributed by atoms with Gasteiger partial charge in [-0.05, 0) is 44.9 Å². The highest BCUT2D eigenvalue weighted by molar-refractivity contribution is 6.05. The van der Waals surface area contributed by atoms with Crippen LogP contribution in [0.25, 0.3) is 0 Å². The van der Waals surface area contributed by atoms with E-state index in [1.54, 1.807) is 18.2 Å². The first-order chi connectivity index (χ1) is 18.9. The highest BCUT2D eigenvalue weighted by Gasteiger charge is 2.42. The van der Waals surface area contributed by atoms with Gasteiger partial charge in [-0.15, -0.1) is 0 Å². The van der Waals surface area contributed by atoms with Crippen LogP contribution >= 0.6 is 0 Å². The summed E-state index contributed by atoms with van der Waals surface area (Å²) in [5, 5.41) is 4.75. The van der Waals surface area contributed by atoms with E-state index in [-0.39, 0.29) is 42.5 Å². The van der Waals surface area contributed by atoms with E-state index in [2.05, 4.69) is 15.3 Å². The summed E-state index contributed by atoms with van der Waals surface area (Å²) in [6.45, 7) is 6.87. The topological polar surface area (TPSA) is 118 Å². The van der Waals surface area contributed by atoms with Crippen molar-refractivity contribution < 1.29 is 37.0 Å². The van der Waals surface area contributed by atoms with Crippen molar-refractivity contribution in [2.75, 3.05) is 41.4 Å². The van der Waals surface area contributed by atoms with Gasteiger partial charge < -0.3 is 24.4 Å². The molecule has 0 aliphatic carbocycles. The molecule has 2 unspecified atom stereocenters. The molecule has 14 heteroatoms. The Morgan fingerprint density at radius 3 is 2.77 bits per heavy atom. The molecule has 11 nitrogen and oxygen atoms in total. The quantitative estimate of drug-likeness (QED) is 0.523. The molecule has 5 rings (SSSR count). The zero-order valence-corrected chi connectivity index (χ0v) is 22.3. The summed E-state index contributed by atoms with van der Waals surface area (Å²) < 4.78 is 56.7. The van der Waals surface area contributed by atoms with Gasteiger partial charge in [0.15, 0.2) is 11.6 Å². The lowest BCUT2D eigenvalue weighted by atomic mass is 10.1. The SMILES string of the molecule is CCC(NC(=O)c1ccc2c(n1)N(C(=O)Nc1cc(OCC3COC(C)(C)O3)ccn1)[C@H]1CCN2C1)C(F)(F)F. The second-order valence-electron chi connectivity index (χ2n) is 10.3. The van der Waals surface area contributed by atoms with Crippen LogP contribution in [0, 0.1) is 0 Å². The average Bonchev–Trinajstić information content (AvgIpc) is 3.48. The van der Waals surface area contributed by atoms with Gasteiger partial charge in [0, 0.05) is 25.4 Å². The van der Waals surface area contributed by atoms with Crippen molar-refractivity contribution in [3.05, 3.63) is 36.2 Å². The van der Waals surface area contributed by atoms with Gasteiger partial charge in [0.05, 0.1) is 18.3 Å². The monoisotopic (exact) mass is 564 g/mol. The number of carbonyl (C=O) groups excluding carboxylic acids is 2. The summed E-state index contributed by atoms with van der Waals surface area (Å²) in [6, 6.07) is 3.43. The van der Waals surface area contributed by atoms with Crippen molar-refractivity contribution in [2.45, 2.75) is 63.8 Å². The highest BCUT2D eigenvalue weighted by Crippen LogP contribution is 2.39. The molecule has 2 fully saturated rings. The standard InChI is InChI=1S/C26H31F3N6O5/c1-4-20(26(27,28)29)32-23(36)18-5-6-19-22(31-18)35(15-8-10-34(19)12-15)24(37)33-21-11-16(7-9-30-21)38-13-17-14-39-25(2,3)40-17/h5-7,9,11,15,17,20H,4,8,10,12-14H2,1-3H3,(H,32,36)(H,30,33,37)/t15-,17?,20?/m0/s1. The van der Waals surface area contributed by atoms with Gasteiger partial charge in [-0.1, -0.05) is 6.92 Å². The van der Waals surface area contributed by atoms with Gasteiger partial charge in [-0.2, -0.15) is 13.2 Å². The molecule has 3 aliphatic heterocycles. The number of carbonyl (C=O) groups is 2. The Kier molecular flexibility index (Phi) is 7.48. The Morgan fingerprint density at radius 1 is 1.27 bits per heavy atom. The third-order valence-electron chi connectivity index (χ3n) is 6.98. The number of anilines is 3. The maximum atomic E-state index is 13.5. The number of halogens is 3. The predicted molar refractivity (Wildman–Crippen MR) is 139 cm³/mol. The second kappa shape index (κ2) is 10.7. The molecule has 0 radical (unpaired) electrons. The van der Waals surface area contributed by atoms with Crippen LogP contribution in [0.4, 0.5) is 35.3 Å². The number of ether oxygens (including phenoxy) is 3. The maximum absolute atomic E-state index is 13.5. The Balaban J connectivity index is 1.31. The van der Waals surface area contributed by atoms with Crippen LogP contribution in [-0.2, 0) is 9.47 Å². The van der Waals surface area contributed by atoms with Gasteiger partial charge in [-0.25, -0.2) is 14.8 Å². The molecule has 2 N–H and O–H groups in total. The van der Waals surface area contributed by atoms with Crippen molar-refractivity contribution >= 4 is 29.3 Å². The minimum absolute atomic E-state index is 0.201. The number of aromatic nitrogens is 2. The van der Waals surface area contributed by atoms with Crippen LogP contribution in [-0.4, -0.2) is 78.4 Å². The molecule has 0 saturated carbocycles. The number of urea groups is 1. The van der Waals surface area contributed by atoms with E-state index < -0.39 is 29.9 Å². The first kappa shape index (κ1) is 27.9. The number of hydrogen-bond donors (Lipinski definition) is 2. The minimum atomic E-state index is -4.59. The number of nitrogens with one attached hydrogen (secondary N) is 2. The average molecular weight is 565 g/mol. The lowest BCUT2D eigenvalue weighted by Gasteiger charge is -2.35. The minimum Gasteiger partial charge on any atom is -0.491 e. The fourth-order valence-electron chi connectivity index (χ4n) is 5.02. The number of amides is 3. The third-order valence-corrected chi connectivity index (χ3v) is 6.98. The predicted octanol–water partition coefficient (Wildman–Crippen LogP) is 3.71. The van der Waals surface area contributed by atoms with Crippen molar-refractivity contribution in [1.29, 1.82) is 0 Å². The largest absolute Gasteiger partial charge is 0.491 e. The Bertz CT molecular complexity index is 1280. The lowest BCUT2D eigenvalue weighted by molar-refractivity contribution is -0.153. The number of alkyl halides is 3. The fourth-order valence-corrected chi connectivity index (χ4v) is 5.02. The van der Waals surface area contributed by atoms with Crippen LogP contribution in [0.3, 0.4) is 0 Å². The van der Waals surface area contributed by atoms with E-state index in [9.17, 15) is 22.8 Å². The molecule has 2 aromatic heterocycles. The number of hydrogen-bond acceptors (Lipinski definition) is 8. The fraction of sp³-hybridized carbons (Fsp3) is 0.538. The van der Waals surface area contributed by atoms with E-state index in [1.807, 2.05) is 24.1 Å². The first-order valence-electron chi connectivity index (χ1n) is 13.1. The first-order valence-corrected chi connectivity index (χ1v) is 13.1. The normalized spacial score (nSPS) is 22.1. The van der Waals surface area contributed by atoms with Gasteiger partial charge in [-0.3, -0.25) is 15.0 Å². The third kappa shape index (κ3) is 5.92. The van der Waals surface area contributed by atoms with Gasteiger partial charge in [0.1, 0.15) is 36.0 Å². The van der Waals surface area contributed by atoms with Crippen LogP contribution in [0.15, 0.2) is 30.5 Å². The maximum Gasteiger partial charge on any atom is 0.408 e. The van der Waals surface area contributed by atoms with E-state index >= 15 is 0 Å². The molecular weight excluding hydrogens is 533 g/mol. The molecule has 3 amide bonds. The molecule has 40 heavy (non-hydrogen) atoms. The molecule has 5 heterocycles. The Hall–Kier alpha value is -3.65.